The van der Waals surface area contributed by atoms with E-state index in [1.54, 1.807) is 0 Å². The molecule has 2 N–H and O–H groups in total. The third-order valence-corrected chi connectivity index (χ3v) is 5.29. The summed E-state index contributed by atoms with van der Waals surface area (Å²) in [5.41, 5.74) is 0. The second kappa shape index (κ2) is 6.39. The Morgan fingerprint density at radius 1 is 1.30 bits per heavy atom. The molecule has 4 nitrogen and oxygen atoms in total. The Bertz CT molecular complexity index is 571. The molecule has 7 heteroatoms. The summed E-state index contributed by atoms with van der Waals surface area (Å²) < 4.78 is 39.7. The number of benzene rings is 1. The lowest BCUT2D eigenvalue weighted by molar-refractivity contribution is 0.109. The molecule has 0 aliphatic heterocycles. The number of hydrogen-bond donors (Lipinski definition) is 2. The summed E-state index contributed by atoms with van der Waals surface area (Å²) in [6.07, 6.45) is 2.74. The molecule has 0 spiro atoms. The van der Waals surface area contributed by atoms with Crippen LogP contribution in [0.5, 0.6) is 0 Å². The van der Waals surface area contributed by atoms with Crippen molar-refractivity contribution in [1.82, 2.24) is 4.72 Å². The zero-order valence-electron chi connectivity index (χ0n) is 10.9. The van der Waals surface area contributed by atoms with Crippen molar-refractivity contribution < 1.29 is 17.9 Å². The molecule has 1 aliphatic rings. The van der Waals surface area contributed by atoms with Crippen molar-refractivity contribution in [3.63, 3.8) is 0 Å². The molecule has 0 aromatic heterocycles. The van der Waals surface area contributed by atoms with Crippen LogP contribution in [0.1, 0.15) is 25.7 Å². The summed E-state index contributed by atoms with van der Waals surface area (Å²) in [5.74, 6) is -0.420. The maximum atomic E-state index is 13.0. The zero-order chi connectivity index (χ0) is 14.8. The highest BCUT2D eigenvalue weighted by atomic mass is 35.5. The monoisotopic (exact) mass is 321 g/mol. The molecule has 1 fully saturated rings. The van der Waals surface area contributed by atoms with Gasteiger partial charge in [0.05, 0.1) is 16.0 Å². The number of halogens is 2. The first kappa shape index (κ1) is 15.7. The third kappa shape index (κ3) is 3.91. The van der Waals surface area contributed by atoms with Crippen LogP contribution >= 0.6 is 11.6 Å². The lowest BCUT2D eigenvalue weighted by Gasteiger charge is -2.25. The van der Waals surface area contributed by atoms with Gasteiger partial charge >= 0.3 is 0 Å². The number of aliphatic hydroxyl groups is 1. The van der Waals surface area contributed by atoms with E-state index in [2.05, 4.69) is 4.72 Å². The van der Waals surface area contributed by atoms with Gasteiger partial charge in [-0.3, -0.25) is 0 Å². The molecule has 112 valence electrons. The summed E-state index contributed by atoms with van der Waals surface area (Å²) in [6.45, 7) is 0.323. The highest BCUT2D eigenvalue weighted by molar-refractivity contribution is 7.89. The summed E-state index contributed by atoms with van der Waals surface area (Å²) in [4.78, 5) is -0.0419. The molecular formula is C13H17ClFNO3S. The summed E-state index contributed by atoms with van der Waals surface area (Å²) in [6, 6.07) is 3.33. The van der Waals surface area contributed by atoms with Crippen LogP contribution in [0.3, 0.4) is 0 Å². The second-order valence-electron chi connectivity index (χ2n) is 5.10. The number of nitrogens with one attached hydrogen (secondary N) is 1. The first-order valence-corrected chi connectivity index (χ1v) is 8.37. The molecule has 0 atom stereocenters. The van der Waals surface area contributed by atoms with E-state index in [1.165, 1.54) is 6.07 Å². The molecular weight excluding hydrogens is 305 g/mol. The van der Waals surface area contributed by atoms with E-state index < -0.39 is 15.8 Å². The normalized spacial score (nSPS) is 23.8. The van der Waals surface area contributed by atoms with Crippen LogP contribution in [-0.2, 0) is 10.0 Å². The zero-order valence-corrected chi connectivity index (χ0v) is 12.4. The number of sulfonamides is 1. The van der Waals surface area contributed by atoms with E-state index in [4.69, 9.17) is 11.6 Å². The van der Waals surface area contributed by atoms with Gasteiger partial charge in [-0.05, 0) is 49.8 Å². The largest absolute Gasteiger partial charge is 0.393 e. The molecule has 1 aliphatic carbocycles. The van der Waals surface area contributed by atoms with Crippen molar-refractivity contribution in [2.45, 2.75) is 36.7 Å². The molecule has 0 radical (unpaired) electrons. The van der Waals surface area contributed by atoms with Crippen molar-refractivity contribution in [1.29, 1.82) is 0 Å². The van der Waals surface area contributed by atoms with Gasteiger partial charge in [0, 0.05) is 6.54 Å². The first-order valence-electron chi connectivity index (χ1n) is 6.51. The molecule has 1 saturated carbocycles. The number of hydrogen-bond acceptors (Lipinski definition) is 3. The smallest absolute Gasteiger partial charge is 0.240 e. The van der Waals surface area contributed by atoms with Gasteiger partial charge in [0.25, 0.3) is 0 Å². The lowest BCUT2D eigenvalue weighted by atomic mass is 9.88. The highest BCUT2D eigenvalue weighted by Gasteiger charge is 2.22. The molecule has 0 unspecified atom stereocenters. The topological polar surface area (TPSA) is 66.4 Å². The van der Waals surface area contributed by atoms with Gasteiger partial charge in [-0.1, -0.05) is 11.6 Å². The maximum Gasteiger partial charge on any atom is 0.240 e. The Morgan fingerprint density at radius 2 is 1.95 bits per heavy atom. The summed E-state index contributed by atoms with van der Waals surface area (Å²) in [7, 11) is -3.68. The standard InChI is InChI=1S/C13H17ClFNO3S/c14-12-7-11(5-6-13(12)15)20(18,19)16-8-9-1-3-10(17)4-2-9/h5-7,9-10,16-17H,1-4,8H2. The molecule has 20 heavy (non-hydrogen) atoms. The molecule has 0 saturated heterocycles. The molecule has 0 amide bonds. The van der Waals surface area contributed by atoms with Crippen LogP contribution in [0, 0.1) is 11.7 Å². The Labute approximate surface area is 123 Å². The van der Waals surface area contributed by atoms with Gasteiger partial charge in [-0.2, -0.15) is 0 Å². The van der Waals surface area contributed by atoms with Gasteiger partial charge < -0.3 is 5.11 Å². The molecule has 1 aromatic carbocycles. The Hall–Kier alpha value is -0.690. The summed E-state index contributed by atoms with van der Waals surface area (Å²) >= 11 is 5.59. The van der Waals surface area contributed by atoms with Crippen molar-refractivity contribution in [2.75, 3.05) is 6.54 Å². The van der Waals surface area contributed by atoms with Crippen molar-refractivity contribution >= 4 is 21.6 Å². The van der Waals surface area contributed by atoms with Crippen LogP contribution < -0.4 is 4.72 Å². The van der Waals surface area contributed by atoms with Crippen LogP contribution in [0.4, 0.5) is 4.39 Å². The fourth-order valence-electron chi connectivity index (χ4n) is 2.30. The predicted molar refractivity (Wildman–Crippen MR) is 74.6 cm³/mol. The van der Waals surface area contributed by atoms with Gasteiger partial charge in [0.2, 0.25) is 10.0 Å². The minimum Gasteiger partial charge on any atom is -0.393 e. The van der Waals surface area contributed by atoms with Crippen molar-refractivity contribution in [3.05, 3.63) is 29.0 Å². The molecule has 1 aromatic rings. The van der Waals surface area contributed by atoms with E-state index in [9.17, 15) is 17.9 Å². The van der Waals surface area contributed by atoms with Crippen LogP contribution in [0.2, 0.25) is 5.02 Å². The fraction of sp³-hybridized carbons (Fsp3) is 0.538. The Kier molecular flexibility index (Phi) is 5.01. The van der Waals surface area contributed by atoms with Crippen molar-refractivity contribution in [2.24, 2.45) is 5.92 Å². The van der Waals surface area contributed by atoms with Crippen LogP contribution in [-0.4, -0.2) is 26.2 Å². The Morgan fingerprint density at radius 3 is 2.55 bits per heavy atom. The Balaban J connectivity index is 1.98. The predicted octanol–water partition coefficient (Wildman–Crippen LogP) is 2.31. The van der Waals surface area contributed by atoms with E-state index >= 15 is 0 Å². The van der Waals surface area contributed by atoms with E-state index in [0.29, 0.717) is 19.4 Å². The third-order valence-electron chi connectivity index (χ3n) is 3.58. The van der Waals surface area contributed by atoms with Crippen LogP contribution in [0.15, 0.2) is 23.1 Å². The van der Waals surface area contributed by atoms with E-state index in [0.717, 1.165) is 25.0 Å². The average Bonchev–Trinajstić information content (AvgIpc) is 2.41. The maximum absolute atomic E-state index is 13.0. The van der Waals surface area contributed by atoms with Gasteiger partial charge in [0.15, 0.2) is 0 Å². The second-order valence-corrected chi connectivity index (χ2v) is 7.28. The average molecular weight is 322 g/mol. The first-order chi connectivity index (χ1) is 9.38. The molecule has 0 bridgehead atoms. The van der Waals surface area contributed by atoms with Gasteiger partial charge in [-0.15, -0.1) is 0 Å². The lowest BCUT2D eigenvalue weighted by Crippen LogP contribution is -2.32. The van der Waals surface area contributed by atoms with Gasteiger partial charge in [0.1, 0.15) is 5.82 Å². The van der Waals surface area contributed by atoms with E-state index in [-0.39, 0.29) is 21.9 Å². The van der Waals surface area contributed by atoms with Crippen molar-refractivity contribution in [3.8, 4) is 0 Å². The molecule has 2 rings (SSSR count). The molecule has 0 heterocycles. The SMILES string of the molecule is O=S(=O)(NCC1CCC(O)CC1)c1ccc(F)c(Cl)c1. The highest BCUT2D eigenvalue weighted by Crippen LogP contribution is 2.24. The van der Waals surface area contributed by atoms with Crippen LogP contribution in [0.25, 0.3) is 0 Å². The minimum atomic E-state index is -3.68. The fourth-order valence-corrected chi connectivity index (χ4v) is 3.69. The van der Waals surface area contributed by atoms with E-state index in [1.807, 2.05) is 0 Å². The number of rotatable bonds is 4. The number of aliphatic hydroxyl groups excluding tert-OH is 1. The minimum absolute atomic E-state index is 0.0419. The quantitative estimate of drug-likeness (QED) is 0.894. The van der Waals surface area contributed by atoms with Gasteiger partial charge in [-0.25, -0.2) is 17.5 Å². The summed E-state index contributed by atoms with van der Waals surface area (Å²) in [5, 5.41) is 9.19.